The van der Waals surface area contributed by atoms with Crippen LogP contribution in [0.4, 0.5) is 5.82 Å². The van der Waals surface area contributed by atoms with Gasteiger partial charge in [-0.1, -0.05) is 0 Å². The number of furan rings is 3. The van der Waals surface area contributed by atoms with Crippen LogP contribution >= 0.6 is 0 Å². The first-order chi connectivity index (χ1) is 13.3. The second kappa shape index (κ2) is 7.67. The summed E-state index contributed by atoms with van der Waals surface area (Å²) in [5, 5.41) is 4.24. The van der Waals surface area contributed by atoms with Gasteiger partial charge in [0, 0.05) is 0 Å². The molecular weight excluding hydrogens is 344 g/mol. The lowest BCUT2D eigenvalue weighted by molar-refractivity contribution is -0.894. The Morgan fingerprint density at radius 1 is 1.00 bits per heavy atom. The predicted octanol–water partition coefficient (Wildman–Crippen LogP) is 3.08. The fourth-order valence-electron chi connectivity index (χ4n) is 3.27. The van der Waals surface area contributed by atoms with Crippen molar-refractivity contribution in [3.63, 3.8) is 0 Å². The molecule has 4 aromatic rings. The number of likely N-dealkylation sites (N-methyl/N-ethyl adjacent to an activating group) is 1. The summed E-state index contributed by atoms with van der Waals surface area (Å²) >= 11 is 0. The molecule has 4 aromatic heterocycles. The highest BCUT2D eigenvalue weighted by Gasteiger charge is 2.25. The van der Waals surface area contributed by atoms with Gasteiger partial charge in [-0.25, -0.2) is 9.97 Å². The summed E-state index contributed by atoms with van der Waals surface area (Å²) in [6.45, 7) is 8.41. The summed E-state index contributed by atoms with van der Waals surface area (Å²) in [6, 6.07) is 7.43. The van der Waals surface area contributed by atoms with Gasteiger partial charge in [0.15, 0.2) is 11.5 Å². The van der Waals surface area contributed by atoms with Crippen LogP contribution in [-0.4, -0.2) is 36.1 Å². The monoisotopic (exact) mass is 367 g/mol. The summed E-state index contributed by atoms with van der Waals surface area (Å²) in [4.78, 5) is 10.3. The van der Waals surface area contributed by atoms with E-state index >= 15 is 0 Å². The fraction of sp³-hybridized carbons (Fsp3) is 0.300. The maximum atomic E-state index is 6.03. The lowest BCUT2D eigenvalue weighted by Crippen LogP contribution is -3.12. The molecule has 0 bridgehead atoms. The quantitative estimate of drug-likeness (QED) is 0.498. The molecule has 0 saturated carbocycles. The van der Waals surface area contributed by atoms with Crippen LogP contribution in [0, 0.1) is 0 Å². The molecule has 4 heterocycles. The zero-order chi connectivity index (χ0) is 18.6. The van der Waals surface area contributed by atoms with Crippen molar-refractivity contribution in [3.8, 4) is 22.8 Å². The Morgan fingerprint density at radius 3 is 2.41 bits per heavy atom. The number of quaternary nitrogens is 1. The van der Waals surface area contributed by atoms with Gasteiger partial charge in [-0.3, -0.25) is 0 Å². The molecule has 0 aromatic carbocycles. The molecule has 7 nitrogen and oxygen atoms in total. The summed E-state index contributed by atoms with van der Waals surface area (Å²) < 4.78 is 17.3. The first-order valence-electron chi connectivity index (χ1n) is 9.24. The van der Waals surface area contributed by atoms with Crippen molar-refractivity contribution in [3.05, 3.63) is 43.1 Å². The molecule has 0 radical (unpaired) electrons. The summed E-state index contributed by atoms with van der Waals surface area (Å²) in [6.07, 6.45) is 4.77. The van der Waals surface area contributed by atoms with Crippen LogP contribution in [0.25, 0.3) is 33.9 Å². The van der Waals surface area contributed by atoms with Crippen LogP contribution in [0.2, 0.25) is 0 Å². The molecule has 0 saturated heterocycles. The van der Waals surface area contributed by atoms with E-state index in [2.05, 4.69) is 29.1 Å². The van der Waals surface area contributed by atoms with E-state index in [-0.39, 0.29) is 0 Å². The fourth-order valence-corrected chi connectivity index (χ4v) is 3.27. The first-order valence-corrected chi connectivity index (χ1v) is 9.24. The summed E-state index contributed by atoms with van der Waals surface area (Å²) in [5.41, 5.74) is 1.30. The minimum Gasteiger partial charge on any atom is -0.464 e. The standard InChI is InChI=1S/C20H22N4O3/c1-3-24(4-2)10-9-21-19-17-16(14-7-5-11-25-14)18(15-8-6-12-26-15)27-20(17)23-13-22-19/h5-8,11-13H,3-4,9-10H2,1-2H3,(H,21,22,23)/p+1. The molecule has 0 aliphatic carbocycles. The van der Waals surface area contributed by atoms with Gasteiger partial charge in [-0.05, 0) is 38.1 Å². The van der Waals surface area contributed by atoms with E-state index < -0.39 is 0 Å². The van der Waals surface area contributed by atoms with Crippen molar-refractivity contribution >= 4 is 16.9 Å². The highest BCUT2D eigenvalue weighted by molar-refractivity contribution is 6.04. The first kappa shape index (κ1) is 17.4. The molecule has 27 heavy (non-hydrogen) atoms. The lowest BCUT2D eigenvalue weighted by Gasteiger charge is -2.15. The molecule has 0 unspecified atom stereocenters. The number of aromatic nitrogens is 2. The minimum atomic E-state index is 0.500. The smallest absolute Gasteiger partial charge is 0.232 e. The average molecular weight is 367 g/mol. The lowest BCUT2D eigenvalue weighted by atomic mass is 10.1. The predicted molar refractivity (Wildman–Crippen MR) is 103 cm³/mol. The van der Waals surface area contributed by atoms with Crippen LogP contribution in [0.5, 0.6) is 0 Å². The van der Waals surface area contributed by atoms with Crippen molar-refractivity contribution in [2.75, 3.05) is 31.5 Å². The number of hydrogen-bond donors (Lipinski definition) is 2. The molecule has 0 atom stereocenters. The van der Waals surface area contributed by atoms with E-state index in [1.807, 2.05) is 24.3 Å². The molecule has 4 rings (SSSR count). The van der Waals surface area contributed by atoms with Crippen molar-refractivity contribution in [2.45, 2.75) is 13.8 Å². The number of hydrogen-bond acceptors (Lipinski definition) is 6. The number of nitrogens with zero attached hydrogens (tertiary/aromatic N) is 2. The Bertz CT molecular complexity index is 986. The van der Waals surface area contributed by atoms with Crippen molar-refractivity contribution < 1.29 is 18.2 Å². The normalized spacial score (nSPS) is 11.5. The highest BCUT2D eigenvalue weighted by atomic mass is 16.4. The maximum Gasteiger partial charge on any atom is 0.232 e. The number of anilines is 1. The van der Waals surface area contributed by atoms with E-state index in [0.29, 0.717) is 23.0 Å². The van der Waals surface area contributed by atoms with Crippen LogP contribution in [-0.2, 0) is 0 Å². The van der Waals surface area contributed by atoms with Crippen LogP contribution in [0.1, 0.15) is 13.8 Å². The molecule has 0 aliphatic heterocycles. The summed E-state index contributed by atoms with van der Waals surface area (Å²) in [7, 11) is 0. The Morgan fingerprint density at radius 2 is 1.74 bits per heavy atom. The van der Waals surface area contributed by atoms with E-state index in [1.165, 1.54) is 11.2 Å². The zero-order valence-electron chi connectivity index (χ0n) is 15.5. The number of fused-ring (bicyclic) bond motifs is 1. The number of rotatable bonds is 8. The minimum absolute atomic E-state index is 0.500. The van der Waals surface area contributed by atoms with Gasteiger partial charge < -0.3 is 23.5 Å². The average Bonchev–Trinajstić information content (AvgIpc) is 3.44. The zero-order valence-corrected chi connectivity index (χ0v) is 15.5. The van der Waals surface area contributed by atoms with E-state index in [0.717, 1.165) is 42.9 Å². The number of nitrogens with one attached hydrogen (secondary N) is 2. The van der Waals surface area contributed by atoms with Gasteiger partial charge in [0.2, 0.25) is 5.71 Å². The van der Waals surface area contributed by atoms with Gasteiger partial charge in [0.1, 0.15) is 17.9 Å². The second-order valence-electron chi connectivity index (χ2n) is 6.30. The molecule has 7 heteroatoms. The molecule has 0 spiro atoms. The van der Waals surface area contributed by atoms with E-state index in [1.54, 1.807) is 12.5 Å². The van der Waals surface area contributed by atoms with Crippen LogP contribution in [0.15, 0.2) is 56.4 Å². The van der Waals surface area contributed by atoms with Gasteiger partial charge in [-0.15, -0.1) is 0 Å². The van der Waals surface area contributed by atoms with Gasteiger partial charge in [0.05, 0.1) is 49.7 Å². The largest absolute Gasteiger partial charge is 0.464 e. The van der Waals surface area contributed by atoms with E-state index in [4.69, 9.17) is 13.3 Å². The molecule has 2 N–H and O–H groups in total. The van der Waals surface area contributed by atoms with Gasteiger partial charge in [0.25, 0.3) is 0 Å². The SMILES string of the molecule is CC[NH+](CC)CCNc1ncnc2oc(-c3ccco3)c(-c3ccco3)c12. The van der Waals surface area contributed by atoms with Crippen molar-refractivity contribution in [1.29, 1.82) is 0 Å². The van der Waals surface area contributed by atoms with Gasteiger partial charge in [-0.2, -0.15) is 0 Å². The molecule has 0 fully saturated rings. The van der Waals surface area contributed by atoms with E-state index in [9.17, 15) is 0 Å². The molecular formula is C20H23N4O3+. The third-order valence-electron chi connectivity index (χ3n) is 4.77. The third kappa shape index (κ3) is 3.33. The molecule has 0 aliphatic rings. The van der Waals surface area contributed by atoms with Crippen molar-refractivity contribution in [1.82, 2.24) is 9.97 Å². The molecule has 140 valence electrons. The Balaban J connectivity index is 1.77. The van der Waals surface area contributed by atoms with Crippen LogP contribution in [0.3, 0.4) is 0 Å². The van der Waals surface area contributed by atoms with Crippen molar-refractivity contribution in [2.24, 2.45) is 0 Å². The Hall–Kier alpha value is -3.06. The second-order valence-corrected chi connectivity index (χ2v) is 6.30. The highest BCUT2D eigenvalue weighted by Crippen LogP contribution is 2.42. The van der Waals surface area contributed by atoms with Gasteiger partial charge >= 0.3 is 0 Å². The molecule has 0 amide bonds. The topological polar surface area (TPSA) is 81.7 Å². The Labute approximate surface area is 157 Å². The maximum absolute atomic E-state index is 6.03. The third-order valence-corrected chi connectivity index (χ3v) is 4.77. The summed E-state index contributed by atoms with van der Waals surface area (Å²) in [5.74, 6) is 2.63. The van der Waals surface area contributed by atoms with Crippen LogP contribution < -0.4 is 10.2 Å². The Kier molecular flexibility index (Phi) is 4.93.